The van der Waals surface area contributed by atoms with E-state index in [1.807, 2.05) is 17.5 Å². The second-order valence-electron chi connectivity index (χ2n) is 8.12. The molecule has 0 spiro atoms. The number of rotatable bonds is 10. The first-order valence-electron chi connectivity index (χ1n) is 11.4. The molecule has 40 heavy (non-hydrogen) atoms. The Labute approximate surface area is 230 Å². The quantitative estimate of drug-likeness (QED) is 0.214. The van der Waals surface area contributed by atoms with E-state index in [9.17, 15) is 31.2 Å². The summed E-state index contributed by atoms with van der Waals surface area (Å²) in [5.41, 5.74) is 1.85. The Morgan fingerprint density at radius 1 is 1.00 bits per heavy atom. The number of carbonyl (C=O) groups excluding carboxylic acids is 2. The Bertz CT molecular complexity index is 1570. The summed E-state index contributed by atoms with van der Waals surface area (Å²) in [5.74, 6) is -4.03. The number of benzene rings is 1. The van der Waals surface area contributed by atoms with Crippen molar-refractivity contribution in [3.63, 3.8) is 0 Å². The molecule has 1 N–H and O–H groups in total. The van der Waals surface area contributed by atoms with E-state index < -0.39 is 34.7 Å². The maximum atomic E-state index is 13.5. The Morgan fingerprint density at radius 3 is 2.42 bits per heavy atom. The van der Waals surface area contributed by atoms with Crippen LogP contribution in [-0.2, 0) is 37.4 Å². The van der Waals surface area contributed by atoms with Crippen molar-refractivity contribution in [3.05, 3.63) is 89.8 Å². The SMILES string of the molecule is O=C(CNc1cccc(CN(Cc2ccc(-c3nccs3)cc2)S(=O)(=O)c2cccnc2)n1)OC(=O)C(F)(F)F. The van der Waals surface area contributed by atoms with Crippen LogP contribution < -0.4 is 5.32 Å². The number of anilines is 1. The summed E-state index contributed by atoms with van der Waals surface area (Å²) in [6, 6.07) is 14.7. The number of hydrogen-bond acceptors (Lipinski definition) is 10. The molecule has 0 radical (unpaired) electrons. The normalized spacial score (nSPS) is 11.8. The van der Waals surface area contributed by atoms with Crippen LogP contribution in [0.4, 0.5) is 19.0 Å². The first-order chi connectivity index (χ1) is 19.0. The molecule has 10 nitrogen and oxygen atoms in total. The molecule has 0 saturated heterocycles. The largest absolute Gasteiger partial charge is 0.491 e. The fraction of sp³-hybridized carbons (Fsp3) is 0.160. The van der Waals surface area contributed by atoms with Gasteiger partial charge in [-0.1, -0.05) is 30.3 Å². The third-order valence-corrected chi connectivity index (χ3v) is 7.86. The zero-order chi connectivity index (χ0) is 28.8. The molecule has 3 aromatic heterocycles. The fourth-order valence-corrected chi connectivity index (χ4v) is 5.41. The number of alkyl halides is 3. The molecule has 208 valence electrons. The highest BCUT2D eigenvalue weighted by Gasteiger charge is 2.42. The number of sulfonamides is 1. The molecule has 1 aromatic carbocycles. The van der Waals surface area contributed by atoms with Gasteiger partial charge in [0.25, 0.3) is 0 Å². The number of pyridine rings is 2. The molecular weight excluding hydrogens is 571 g/mol. The van der Waals surface area contributed by atoms with Crippen molar-refractivity contribution in [3.8, 4) is 10.6 Å². The van der Waals surface area contributed by atoms with Gasteiger partial charge in [0.1, 0.15) is 22.3 Å². The maximum absolute atomic E-state index is 13.5. The van der Waals surface area contributed by atoms with Crippen molar-refractivity contribution >= 4 is 39.1 Å². The lowest BCUT2D eigenvalue weighted by Gasteiger charge is -2.22. The summed E-state index contributed by atoms with van der Waals surface area (Å²) >= 11 is 1.48. The topological polar surface area (TPSA) is 131 Å². The minimum absolute atomic E-state index is 0.0133. The summed E-state index contributed by atoms with van der Waals surface area (Å²) in [6.07, 6.45) is -0.937. The third kappa shape index (κ3) is 7.46. The standard InChI is InChI=1S/C25H20F3N5O5S2/c26-25(27,28)24(35)38-22(34)14-31-21-5-1-3-19(32-21)16-33(40(36,37)20-4-2-10-29-13-20)15-17-6-8-18(9-7-17)23-30-11-12-39-23/h1-13H,14-16H2,(H,31,32). The van der Waals surface area contributed by atoms with Gasteiger partial charge in [-0.05, 0) is 29.8 Å². The van der Waals surface area contributed by atoms with Gasteiger partial charge in [0.15, 0.2) is 0 Å². The molecule has 0 fully saturated rings. The number of thiazole rings is 1. The van der Waals surface area contributed by atoms with Gasteiger partial charge < -0.3 is 10.1 Å². The lowest BCUT2D eigenvalue weighted by Crippen LogP contribution is -2.31. The molecule has 0 bridgehead atoms. The van der Waals surface area contributed by atoms with E-state index in [0.717, 1.165) is 10.6 Å². The van der Waals surface area contributed by atoms with E-state index in [1.54, 1.807) is 24.4 Å². The number of carbonyl (C=O) groups is 2. The molecule has 4 aromatic rings. The number of esters is 2. The van der Waals surface area contributed by atoms with E-state index in [2.05, 4.69) is 25.0 Å². The molecule has 0 amide bonds. The van der Waals surface area contributed by atoms with Crippen LogP contribution in [0.15, 0.2) is 83.5 Å². The first kappa shape index (κ1) is 28.8. The van der Waals surface area contributed by atoms with E-state index in [0.29, 0.717) is 5.56 Å². The molecule has 0 aliphatic rings. The molecule has 0 atom stereocenters. The minimum Gasteiger partial charge on any atom is -0.385 e. The van der Waals surface area contributed by atoms with Crippen LogP contribution in [0.5, 0.6) is 0 Å². The van der Waals surface area contributed by atoms with Crippen LogP contribution in [0.25, 0.3) is 10.6 Å². The van der Waals surface area contributed by atoms with Crippen molar-refractivity contribution < 1.29 is 35.9 Å². The monoisotopic (exact) mass is 591 g/mol. The Kier molecular flexibility index (Phi) is 8.86. The molecular formula is C25H20F3N5O5S2. The number of halogens is 3. The molecule has 0 unspecified atom stereocenters. The predicted octanol–water partition coefficient (Wildman–Crippen LogP) is 4.04. The molecule has 15 heteroatoms. The summed E-state index contributed by atoms with van der Waals surface area (Å²) < 4.78 is 68.8. The van der Waals surface area contributed by atoms with E-state index in [4.69, 9.17) is 0 Å². The highest BCUT2D eigenvalue weighted by Crippen LogP contribution is 2.25. The van der Waals surface area contributed by atoms with E-state index >= 15 is 0 Å². The molecule has 0 saturated carbocycles. The van der Waals surface area contributed by atoms with Crippen LogP contribution in [-0.4, -0.2) is 52.3 Å². The summed E-state index contributed by atoms with van der Waals surface area (Å²) in [5, 5.41) is 5.15. The van der Waals surface area contributed by atoms with Gasteiger partial charge in [-0.15, -0.1) is 11.3 Å². The fourth-order valence-electron chi connectivity index (χ4n) is 3.40. The number of hydrogen-bond donors (Lipinski definition) is 1. The Hall–Kier alpha value is -4.21. The van der Waals surface area contributed by atoms with Gasteiger partial charge in [0.05, 0.1) is 12.2 Å². The lowest BCUT2D eigenvalue weighted by molar-refractivity contribution is -0.201. The predicted molar refractivity (Wildman–Crippen MR) is 138 cm³/mol. The van der Waals surface area contributed by atoms with E-state index in [1.165, 1.54) is 52.3 Å². The number of ether oxygens (including phenoxy) is 1. The number of nitrogens with one attached hydrogen (secondary N) is 1. The average molecular weight is 592 g/mol. The van der Waals surface area contributed by atoms with Crippen molar-refractivity contribution in [2.45, 2.75) is 24.2 Å². The number of aromatic nitrogens is 3. The Morgan fingerprint density at radius 2 is 1.77 bits per heavy atom. The molecule has 3 heterocycles. The van der Waals surface area contributed by atoms with Gasteiger partial charge >= 0.3 is 18.1 Å². The van der Waals surface area contributed by atoms with Gasteiger partial charge in [-0.3, -0.25) is 4.98 Å². The van der Waals surface area contributed by atoms with Gasteiger partial charge in [-0.2, -0.15) is 17.5 Å². The highest BCUT2D eigenvalue weighted by molar-refractivity contribution is 7.89. The van der Waals surface area contributed by atoms with E-state index in [-0.39, 0.29) is 29.5 Å². The van der Waals surface area contributed by atoms with Crippen LogP contribution >= 0.6 is 11.3 Å². The van der Waals surface area contributed by atoms with Crippen molar-refractivity contribution in [1.82, 2.24) is 19.3 Å². The van der Waals surface area contributed by atoms with Crippen molar-refractivity contribution in [2.75, 3.05) is 11.9 Å². The first-order valence-corrected chi connectivity index (χ1v) is 13.7. The molecule has 0 aliphatic carbocycles. The van der Waals surface area contributed by atoms with Crippen LogP contribution in [0.3, 0.4) is 0 Å². The summed E-state index contributed by atoms with van der Waals surface area (Å²) in [6.45, 7) is -0.972. The second kappa shape index (κ2) is 12.3. The lowest BCUT2D eigenvalue weighted by atomic mass is 10.1. The van der Waals surface area contributed by atoms with Gasteiger partial charge in [-0.25, -0.2) is 28.0 Å². The van der Waals surface area contributed by atoms with Crippen LogP contribution in [0, 0.1) is 0 Å². The molecule has 4 rings (SSSR count). The summed E-state index contributed by atoms with van der Waals surface area (Å²) in [7, 11) is -4.03. The zero-order valence-corrected chi connectivity index (χ0v) is 22.0. The highest BCUT2D eigenvalue weighted by atomic mass is 32.2. The van der Waals surface area contributed by atoms with Crippen molar-refractivity contribution in [2.24, 2.45) is 0 Å². The second-order valence-corrected chi connectivity index (χ2v) is 11.0. The van der Waals surface area contributed by atoms with Crippen LogP contribution in [0.2, 0.25) is 0 Å². The smallest absolute Gasteiger partial charge is 0.385 e. The zero-order valence-electron chi connectivity index (χ0n) is 20.4. The third-order valence-electron chi connectivity index (χ3n) is 5.26. The minimum atomic E-state index is -5.31. The van der Waals surface area contributed by atoms with Crippen LogP contribution in [0.1, 0.15) is 11.3 Å². The molecule has 0 aliphatic heterocycles. The van der Waals surface area contributed by atoms with Crippen molar-refractivity contribution in [1.29, 1.82) is 0 Å². The maximum Gasteiger partial charge on any atom is 0.491 e. The number of nitrogens with zero attached hydrogens (tertiary/aromatic N) is 4. The van der Waals surface area contributed by atoms with Gasteiger partial charge in [0.2, 0.25) is 10.0 Å². The Balaban J connectivity index is 1.52. The van der Waals surface area contributed by atoms with Gasteiger partial charge in [0, 0.05) is 36.1 Å². The summed E-state index contributed by atoms with van der Waals surface area (Å²) in [4.78, 5) is 34.8. The average Bonchev–Trinajstić information content (AvgIpc) is 3.47.